The van der Waals surface area contributed by atoms with Crippen LogP contribution in [0.5, 0.6) is 11.5 Å². The summed E-state index contributed by atoms with van der Waals surface area (Å²) in [5.74, 6) is 2.03. The van der Waals surface area contributed by atoms with Crippen LogP contribution >= 0.6 is 11.8 Å². The number of nitrogens with one attached hydrogen (secondary N) is 2. The monoisotopic (exact) mass is 334 g/mol. The summed E-state index contributed by atoms with van der Waals surface area (Å²) in [4.78, 5) is 15.9. The summed E-state index contributed by atoms with van der Waals surface area (Å²) in [6.07, 6.45) is 1.63. The van der Waals surface area contributed by atoms with Gasteiger partial charge in [-0.1, -0.05) is 17.8 Å². The fourth-order valence-corrected chi connectivity index (χ4v) is 2.42. The third-order valence-electron chi connectivity index (χ3n) is 2.90. The number of ether oxygens (including phenoxy) is 2. The zero-order valence-corrected chi connectivity index (χ0v) is 13.8. The van der Waals surface area contributed by atoms with Gasteiger partial charge in [0.1, 0.15) is 11.5 Å². The number of thioether (sulfide) groups is 1. The lowest BCUT2D eigenvalue weighted by molar-refractivity contribution is -0.118. The smallest absolute Gasteiger partial charge is 0.230 e. The minimum Gasteiger partial charge on any atom is -0.497 e. The van der Waals surface area contributed by atoms with Gasteiger partial charge >= 0.3 is 0 Å². The van der Waals surface area contributed by atoms with Crippen molar-refractivity contribution in [3.8, 4) is 22.9 Å². The van der Waals surface area contributed by atoms with E-state index in [0.29, 0.717) is 29.0 Å². The van der Waals surface area contributed by atoms with Crippen molar-refractivity contribution in [2.24, 2.45) is 0 Å². The Labute approximate surface area is 138 Å². The Bertz CT molecular complexity index is 687. The summed E-state index contributed by atoms with van der Waals surface area (Å²) < 4.78 is 10.5. The molecular formula is C15H18N4O3S. The van der Waals surface area contributed by atoms with Gasteiger partial charge in [0, 0.05) is 12.6 Å². The van der Waals surface area contributed by atoms with E-state index in [1.54, 1.807) is 26.4 Å². The van der Waals surface area contributed by atoms with Crippen LogP contribution in [0.4, 0.5) is 0 Å². The zero-order valence-electron chi connectivity index (χ0n) is 13.0. The molecule has 1 aromatic heterocycles. The van der Waals surface area contributed by atoms with E-state index in [0.717, 1.165) is 5.56 Å². The molecular weight excluding hydrogens is 316 g/mol. The Morgan fingerprint density at radius 3 is 2.96 bits per heavy atom. The highest BCUT2D eigenvalue weighted by atomic mass is 32.2. The second-order valence-corrected chi connectivity index (χ2v) is 5.36. The Hall–Kier alpha value is -2.48. The van der Waals surface area contributed by atoms with Crippen molar-refractivity contribution in [2.45, 2.75) is 5.16 Å². The fraction of sp³-hybridized carbons (Fsp3) is 0.267. The molecule has 122 valence electrons. The first-order valence-corrected chi connectivity index (χ1v) is 7.81. The van der Waals surface area contributed by atoms with Gasteiger partial charge in [-0.05, 0) is 12.1 Å². The molecule has 1 amide bonds. The highest BCUT2D eigenvalue weighted by Gasteiger charge is 2.13. The number of H-pyrrole nitrogens is 1. The molecule has 0 aliphatic carbocycles. The van der Waals surface area contributed by atoms with Crippen molar-refractivity contribution < 1.29 is 14.3 Å². The van der Waals surface area contributed by atoms with Crippen LogP contribution in [0.1, 0.15) is 0 Å². The number of benzene rings is 1. The summed E-state index contributed by atoms with van der Waals surface area (Å²) in [7, 11) is 3.17. The quantitative estimate of drug-likeness (QED) is 0.566. The van der Waals surface area contributed by atoms with Crippen LogP contribution in [0.15, 0.2) is 36.0 Å². The summed E-state index contributed by atoms with van der Waals surface area (Å²) in [6, 6.07) is 5.42. The first-order valence-electron chi connectivity index (χ1n) is 6.83. The van der Waals surface area contributed by atoms with Crippen molar-refractivity contribution in [1.29, 1.82) is 0 Å². The molecule has 0 unspecified atom stereocenters. The zero-order chi connectivity index (χ0) is 16.7. The van der Waals surface area contributed by atoms with Gasteiger partial charge in [-0.3, -0.25) is 9.89 Å². The number of nitrogens with zero attached hydrogens (tertiary/aromatic N) is 2. The third-order valence-corrected chi connectivity index (χ3v) is 3.75. The lowest BCUT2D eigenvalue weighted by Gasteiger charge is -2.07. The van der Waals surface area contributed by atoms with Crippen LogP contribution < -0.4 is 14.8 Å². The number of methoxy groups -OCH3 is 2. The number of carbonyl (C=O) groups is 1. The number of aromatic nitrogens is 3. The standard InChI is InChI=1S/C15H18N4O3S/c1-4-7-16-13(20)9-23-15-17-14(18-19-15)11-6-5-10(21-2)8-12(11)22-3/h4-6,8H,1,7,9H2,2-3H3,(H,16,20)(H,17,18,19). The molecule has 2 rings (SSSR count). The second kappa shape index (κ2) is 8.23. The highest BCUT2D eigenvalue weighted by molar-refractivity contribution is 7.99. The molecule has 2 aromatic rings. The van der Waals surface area contributed by atoms with Gasteiger partial charge in [0.25, 0.3) is 0 Å². The molecule has 0 fully saturated rings. The maximum absolute atomic E-state index is 11.5. The summed E-state index contributed by atoms with van der Waals surface area (Å²) in [5, 5.41) is 10.1. The van der Waals surface area contributed by atoms with E-state index >= 15 is 0 Å². The molecule has 0 bridgehead atoms. The minimum absolute atomic E-state index is 0.0942. The van der Waals surface area contributed by atoms with Crippen LogP contribution in [-0.2, 0) is 4.79 Å². The summed E-state index contributed by atoms with van der Waals surface area (Å²) in [5.41, 5.74) is 0.767. The van der Waals surface area contributed by atoms with Gasteiger partial charge in [-0.15, -0.1) is 11.7 Å². The number of rotatable bonds is 8. The molecule has 1 aromatic carbocycles. The van der Waals surface area contributed by atoms with E-state index < -0.39 is 0 Å². The molecule has 1 heterocycles. The Morgan fingerprint density at radius 1 is 1.43 bits per heavy atom. The molecule has 0 aliphatic heterocycles. The van der Waals surface area contributed by atoms with E-state index in [9.17, 15) is 4.79 Å². The predicted molar refractivity (Wildman–Crippen MR) is 88.9 cm³/mol. The highest BCUT2D eigenvalue weighted by Crippen LogP contribution is 2.31. The van der Waals surface area contributed by atoms with Crippen molar-refractivity contribution >= 4 is 17.7 Å². The maximum Gasteiger partial charge on any atom is 0.230 e. The van der Waals surface area contributed by atoms with Gasteiger partial charge in [-0.2, -0.15) is 0 Å². The van der Waals surface area contributed by atoms with E-state index in [-0.39, 0.29) is 11.7 Å². The molecule has 0 radical (unpaired) electrons. The molecule has 0 saturated carbocycles. The normalized spacial score (nSPS) is 10.2. The molecule has 23 heavy (non-hydrogen) atoms. The minimum atomic E-state index is -0.0942. The molecule has 0 saturated heterocycles. The molecule has 0 aliphatic rings. The van der Waals surface area contributed by atoms with Crippen LogP contribution in [0.2, 0.25) is 0 Å². The first kappa shape index (κ1) is 16.9. The number of carbonyl (C=O) groups excluding carboxylic acids is 1. The SMILES string of the molecule is C=CCNC(=O)CSc1n[nH]c(-c2ccc(OC)cc2OC)n1. The van der Waals surface area contributed by atoms with Crippen LogP contribution in [0.25, 0.3) is 11.4 Å². The third kappa shape index (κ3) is 4.49. The average Bonchev–Trinajstić information content (AvgIpc) is 3.06. The predicted octanol–water partition coefficient (Wildman–Crippen LogP) is 1.88. The Balaban J connectivity index is 2.07. The van der Waals surface area contributed by atoms with Crippen molar-refractivity contribution in [1.82, 2.24) is 20.5 Å². The lowest BCUT2D eigenvalue weighted by atomic mass is 10.2. The number of aromatic amines is 1. The number of amides is 1. The number of hydrogen-bond donors (Lipinski definition) is 2. The first-order chi connectivity index (χ1) is 11.2. The van der Waals surface area contributed by atoms with Crippen LogP contribution in [0.3, 0.4) is 0 Å². The van der Waals surface area contributed by atoms with Gasteiger partial charge in [0.15, 0.2) is 5.82 Å². The second-order valence-electron chi connectivity index (χ2n) is 4.41. The average molecular weight is 334 g/mol. The van der Waals surface area contributed by atoms with Crippen molar-refractivity contribution in [3.05, 3.63) is 30.9 Å². The van der Waals surface area contributed by atoms with Crippen LogP contribution in [0, 0.1) is 0 Å². The van der Waals surface area contributed by atoms with Crippen molar-refractivity contribution in [3.63, 3.8) is 0 Å². The number of hydrogen-bond acceptors (Lipinski definition) is 6. The maximum atomic E-state index is 11.5. The lowest BCUT2D eigenvalue weighted by Crippen LogP contribution is -2.24. The van der Waals surface area contributed by atoms with Gasteiger partial charge in [-0.25, -0.2) is 4.98 Å². The Kier molecular flexibility index (Phi) is 6.04. The van der Waals surface area contributed by atoms with Crippen molar-refractivity contribution in [2.75, 3.05) is 26.5 Å². The molecule has 7 nitrogen and oxygen atoms in total. The van der Waals surface area contributed by atoms with Gasteiger partial charge < -0.3 is 14.8 Å². The molecule has 0 atom stereocenters. The summed E-state index contributed by atoms with van der Waals surface area (Å²) >= 11 is 1.25. The van der Waals surface area contributed by atoms with Gasteiger partial charge in [0.05, 0.1) is 25.5 Å². The van der Waals surface area contributed by atoms with Gasteiger partial charge in [0.2, 0.25) is 11.1 Å². The van der Waals surface area contributed by atoms with E-state index in [4.69, 9.17) is 9.47 Å². The topological polar surface area (TPSA) is 89.1 Å². The summed E-state index contributed by atoms with van der Waals surface area (Å²) in [6.45, 7) is 3.99. The van der Waals surface area contributed by atoms with E-state index in [1.807, 2.05) is 12.1 Å². The molecule has 0 spiro atoms. The van der Waals surface area contributed by atoms with E-state index in [1.165, 1.54) is 11.8 Å². The Morgan fingerprint density at radius 2 is 2.26 bits per heavy atom. The molecule has 8 heteroatoms. The molecule has 2 N–H and O–H groups in total. The fourth-order valence-electron chi connectivity index (χ4n) is 1.79. The van der Waals surface area contributed by atoms with E-state index in [2.05, 4.69) is 27.1 Å². The largest absolute Gasteiger partial charge is 0.497 e. The van der Waals surface area contributed by atoms with Crippen LogP contribution in [-0.4, -0.2) is 47.6 Å².